The number of aliphatic hydroxyl groups is 2. The summed E-state index contributed by atoms with van der Waals surface area (Å²) in [4.78, 5) is 24.5. The van der Waals surface area contributed by atoms with Crippen molar-refractivity contribution in [1.82, 2.24) is 5.32 Å². The second kappa shape index (κ2) is 68.8. The third-order valence-electron chi connectivity index (χ3n) is 17.0. The highest BCUT2D eigenvalue weighted by molar-refractivity contribution is 5.76. The summed E-state index contributed by atoms with van der Waals surface area (Å²) >= 11 is 0. The van der Waals surface area contributed by atoms with Crippen molar-refractivity contribution in [2.24, 2.45) is 0 Å². The fraction of sp³-hybridized carbons (Fsp3) is 0.918. The molecule has 0 radical (unpaired) electrons. The number of carbonyl (C=O) groups is 2. The summed E-state index contributed by atoms with van der Waals surface area (Å²) in [6.45, 7) is 4.96. The lowest BCUT2D eigenvalue weighted by molar-refractivity contribution is -0.143. The molecule has 0 aromatic heterocycles. The fourth-order valence-electron chi connectivity index (χ4n) is 11.5. The molecule has 0 fully saturated rings. The van der Waals surface area contributed by atoms with Crippen LogP contribution >= 0.6 is 0 Å². The molecule has 0 rings (SSSR count). The van der Waals surface area contributed by atoms with Crippen molar-refractivity contribution < 1.29 is 24.5 Å². The minimum absolute atomic E-state index is 0.0175. The van der Waals surface area contributed by atoms with Gasteiger partial charge in [-0.1, -0.05) is 340 Å². The number of amides is 1. The van der Waals surface area contributed by atoms with Crippen molar-refractivity contribution in [3.05, 3.63) is 24.3 Å². The van der Waals surface area contributed by atoms with Crippen LogP contribution in [0.2, 0.25) is 0 Å². The first-order valence-electron chi connectivity index (χ1n) is 36.1. The third kappa shape index (κ3) is 65.4. The van der Waals surface area contributed by atoms with Crippen LogP contribution in [0.1, 0.15) is 406 Å². The molecule has 3 N–H and O–H groups in total. The Balaban J connectivity index is 3.30. The van der Waals surface area contributed by atoms with E-state index in [2.05, 4.69) is 43.5 Å². The predicted molar refractivity (Wildman–Crippen MR) is 347 cm³/mol. The molecule has 6 nitrogen and oxygen atoms in total. The molecule has 468 valence electrons. The zero-order chi connectivity index (χ0) is 57.1. The molecule has 2 atom stereocenters. The van der Waals surface area contributed by atoms with E-state index in [-0.39, 0.29) is 18.5 Å². The van der Waals surface area contributed by atoms with Gasteiger partial charge in [-0.05, 0) is 77.0 Å². The summed E-state index contributed by atoms with van der Waals surface area (Å²) in [7, 11) is 0. The van der Waals surface area contributed by atoms with Crippen molar-refractivity contribution in [1.29, 1.82) is 0 Å². The lowest BCUT2D eigenvalue weighted by Gasteiger charge is -2.22. The molecule has 79 heavy (non-hydrogen) atoms. The van der Waals surface area contributed by atoms with Crippen molar-refractivity contribution in [3.63, 3.8) is 0 Å². The molecule has 6 heteroatoms. The van der Waals surface area contributed by atoms with Gasteiger partial charge in [0.05, 0.1) is 25.4 Å². The van der Waals surface area contributed by atoms with Gasteiger partial charge in [0.15, 0.2) is 0 Å². The van der Waals surface area contributed by atoms with Gasteiger partial charge in [-0.25, -0.2) is 0 Å². The van der Waals surface area contributed by atoms with Crippen LogP contribution in [0.15, 0.2) is 24.3 Å². The number of esters is 1. The molecular weight excluding hydrogens is 971 g/mol. The highest BCUT2D eigenvalue weighted by atomic mass is 16.5. The number of hydrogen-bond donors (Lipinski definition) is 3. The molecule has 0 aliphatic carbocycles. The number of rotatable bonds is 68. The van der Waals surface area contributed by atoms with Gasteiger partial charge in [0.25, 0.3) is 0 Å². The van der Waals surface area contributed by atoms with Crippen LogP contribution in [0.25, 0.3) is 0 Å². The second-order valence-corrected chi connectivity index (χ2v) is 24.9. The van der Waals surface area contributed by atoms with E-state index in [0.717, 1.165) is 44.9 Å². The van der Waals surface area contributed by atoms with Gasteiger partial charge < -0.3 is 20.3 Å². The first-order chi connectivity index (χ1) is 39.0. The van der Waals surface area contributed by atoms with E-state index in [1.54, 1.807) is 0 Å². The maximum absolute atomic E-state index is 12.4. The number of carbonyl (C=O) groups excluding carboxylic acids is 2. The molecule has 0 saturated carbocycles. The first kappa shape index (κ1) is 77.3. The first-order valence-corrected chi connectivity index (χ1v) is 36.1. The van der Waals surface area contributed by atoms with E-state index in [4.69, 9.17) is 4.74 Å². The number of ether oxygens (including phenoxy) is 1. The standard InChI is InChI=1S/C73H141NO5/c1-3-5-7-9-11-13-15-16-17-37-41-44-47-51-55-59-63-67-73(78)79-68-64-60-56-52-48-45-42-39-36-34-32-30-28-26-24-22-20-18-19-21-23-25-27-29-31-33-35-38-40-43-46-50-54-58-62-66-72(77)74-70(69-75)71(76)65-61-57-53-49-14-12-10-8-6-4-2/h16-17,20,22,70-71,75-76H,3-15,18-19,21,23-69H2,1-2H3,(H,74,77)/b17-16-,22-20-. The van der Waals surface area contributed by atoms with Crippen LogP contribution in [0, 0.1) is 0 Å². The molecule has 0 aromatic carbocycles. The highest BCUT2D eigenvalue weighted by Crippen LogP contribution is 2.19. The monoisotopic (exact) mass is 1110 g/mol. The molecule has 0 saturated heterocycles. The lowest BCUT2D eigenvalue weighted by atomic mass is 10.0. The Morgan fingerprint density at radius 1 is 0.342 bits per heavy atom. The topological polar surface area (TPSA) is 95.9 Å². The number of unbranched alkanes of at least 4 members (excludes halogenated alkanes) is 53. The van der Waals surface area contributed by atoms with Gasteiger partial charge in [-0.3, -0.25) is 9.59 Å². The van der Waals surface area contributed by atoms with E-state index in [0.29, 0.717) is 25.9 Å². The quantitative estimate of drug-likeness (QED) is 0.0320. The molecular formula is C73H141NO5. The maximum atomic E-state index is 12.4. The predicted octanol–water partition coefficient (Wildman–Crippen LogP) is 23.3. The summed E-state index contributed by atoms with van der Waals surface area (Å²) in [6.07, 6.45) is 86.8. The number of nitrogens with one attached hydrogen (secondary N) is 1. The molecule has 0 aliphatic rings. The SMILES string of the molecule is CCCCCCCC/C=C\CCCCCCCCCC(=O)OCCCCCCCCCCCCCCCC/C=C\CCCCCCCCCCCCCCCCCCCC(=O)NC(CO)C(O)CCCCCCCCCCCC. The van der Waals surface area contributed by atoms with Gasteiger partial charge >= 0.3 is 5.97 Å². The van der Waals surface area contributed by atoms with Gasteiger partial charge in [-0.2, -0.15) is 0 Å². The van der Waals surface area contributed by atoms with Crippen molar-refractivity contribution >= 4 is 11.9 Å². The second-order valence-electron chi connectivity index (χ2n) is 24.9. The smallest absolute Gasteiger partial charge is 0.305 e. The van der Waals surface area contributed by atoms with Crippen LogP contribution in [-0.2, 0) is 14.3 Å². The summed E-state index contributed by atoms with van der Waals surface area (Å²) in [6, 6.07) is -0.536. The van der Waals surface area contributed by atoms with E-state index in [1.807, 2.05) is 0 Å². The van der Waals surface area contributed by atoms with Crippen molar-refractivity contribution in [3.8, 4) is 0 Å². The van der Waals surface area contributed by atoms with Gasteiger partial charge in [0.1, 0.15) is 0 Å². The van der Waals surface area contributed by atoms with Crippen LogP contribution in [0.4, 0.5) is 0 Å². The zero-order valence-electron chi connectivity index (χ0n) is 53.6. The van der Waals surface area contributed by atoms with E-state index in [9.17, 15) is 19.8 Å². The fourth-order valence-corrected chi connectivity index (χ4v) is 11.5. The molecule has 0 bridgehead atoms. The Hall–Kier alpha value is -1.66. The number of hydrogen-bond acceptors (Lipinski definition) is 5. The summed E-state index contributed by atoms with van der Waals surface area (Å²) in [5.41, 5.74) is 0. The summed E-state index contributed by atoms with van der Waals surface area (Å²) in [5, 5.41) is 23.2. The van der Waals surface area contributed by atoms with E-state index in [1.165, 1.54) is 327 Å². The lowest BCUT2D eigenvalue weighted by Crippen LogP contribution is -2.45. The van der Waals surface area contributed by atoms with Crippen LogP contribution in [0.5, 0.6) is 0 Å². The van der Waals surface area contributed by atoms with Crippen LogP contribution in [0.3, 0.4) is 0 Å². The minimum Gasteiger partial charge on any atom is -0.466 e. The summed E-state index contributed by atoms with van der Waals surface area (Å²) in [5.74, 6) is -0.0137. The Labute approximate surface area is 494 Å². The Morgan fingerprint density at radius 3 is 0.899 bits per heavy atom. The molecule has 2 unspecified atom stereocenters. The Kier molecular flexibility index (Phi) is 67.4. The number of allylic oxidation sites excluding steroid dienone is 4. The Bertz CT molecular complexity index is 1230. The number of aliphatic hydroxyl groups excluding tert-OH is 2. The van der Waals surface area contributed by atoms with Gasteiger partial charge in [0.2, 0.25) is 5.91 Å². The van der Waals surface area contributed by atoms with Crippen molar-refractivity contribution in [2.75, 3.05) is 13.2 Å². The minimum atomic E-state index is -0.659. The average molecular weight is 1110 g/mol. The van der Waals surface area contributed by atoms with E-state index >= 15 is 0 Å². The highest BCUT2D eigenvalue weighted by Gasteiger charge is 2.20. The molecule has 0 heterocycles. The van der Waals surface area contributed by atoms with Gasteiger partial charge in [0, 0.05) is 12.8 Å². The zero-order valence-corrected chi connectivity index (χ0v) is 53.6. The van der Waals surface area contributed by atoms with Crippen molar-refractivity contribution in [2.45, 2.75) is 418 Å². The molecule has 0 aliphatic heterocycles. The average Bonchev–Trinajstić information content (AvgIpc) is 3.45. The molecule has 0 aromatic rings. The third-order valence-corrected chi connectivity index (χ3v) is 17.0. The normalized spacial score (nSPS) is 12.6. The summed E-state index contributed by atoms with van der Waals surface area (Å²) < 4.78 is 5.50. The van der Waals surface area contributed by atoms with Crippen LogP contribution in [-0.4, -0.2) is 47.4 Å². The molecule has 0 spiro atoms. The Morgan fingerprint density at radius 2 is 0.595 bits per heavy atom. The van der Waals surface area contributed by atoms with E-state index < -0.39 is 12.1 Å². The van der Waals surface area contributed by atoms with Gasteiger partial charge in [-0.15, -0.1) is 0 Å². The molecule has 1 amide bonds. The largest absolute Gasteiger partial charge is 0.466 e. The van der Waals surface area contributed by atoms with Crippen LogP contribution < -0.4 is 5.32 Å². The maximum Gasteiger partial charge on any atom is 0.305 e.